The van der Waals surface area contributed by atoms with Crippen molar-refractivity contribution in [2.24, 2.45) is 0 Å². The van der Waals surface area contributed by atoms with Gasteiger partial charge in [-0.3, -0.25) is 9.78 Å². The number of anilines is 1. The van der Waals surface area contributed by atoms with Crippen LogP contribution in [0.4, 0.5) is 5.69 Å². The number of nitrogens with zero attached hydrogens (tertiary/aromatic N) is 6. The normalized spacial score (nSPS) is 20.2. The molecule has 1 atom stereocenters. The molecule has 2 aliphatic heterocycles. The van der Waals surface area contributed by atoms with Gasteiger partial charge in [-0.25, -0.2) is 9.50 Å². The van der Waals surface area contributed by atoms with Crippen molar-refractivity contribution in [1.29, 1.82) is 0 Å². The van der Waals surface area contributed by atoms with Crippen LogP contribution in [0.15, 0.2) is 42.9 Å². The molecular formula is C21H24N6O2. The van der Waals surface area contributed by atoms with Crippen molar-refractivity contribution in [3.8, 4) is 0 Å². The Kier molecular flexibility index (Phi) is 4.85. The van der Waals surface area contributed by atoms with Crippen LogP contribution >= 0.6 is 0 Å². The Bertz CT molecular complexity index is 999. The predicted molar refractivity (Wildman–Crippen MR) is 108 cm³/mol. The molecule has 150 valence electrons. The van der Waals surface area contributed by atoms with E-state index in [1.165, 1.54) is 0 Å². The molecule has 0 spiro atoms. The van der Waals surface area contributed by atoms with Gasteiger partial charge < -0.3 is 14.5 Å². The molecule has 3 aromatic heterocycles. The zero-order valence-corrected chi connectivity index (χ0v) is 16.3. The number of rotatable bonds is 3. The number of aromatic nitrogens is 4. The number of likely N-dealkylation sites (tertiary alicyclic amines) is 1. The van der Waals surface area contributed by atoms with Crippen LogP contribution in [0.2, 0.25) is 0 Å². The number of amides is 1. The quantitative estimate of drug-likeness (QED) is 0.679. The summed E-state index contributed by atoms with van der Waals surface area (Å²) < 4.78 is 7.31. The number of piperidine rings is 1. The minimum absolute atomic E-state index is 0.0514. The molecule has 2 fully saturated rings. The van der Waals surface area contributed by atoms with Crippen LogP contribution in [0.25, 0.3) is 5.65 Å². The summed E-state index contributed by atoms with van der Waals surface area (Å²) in [4.78, 5) is 25.8. The van der Waals surface area contributed by atoms with E-state index in [0.29, 0.717) is 12.1 Å². The van der Waals surface area contributed by atoms with Gasteiger partial charge in [0.1, 0.15) is 0 Å². The Morgan fingerprint density at radius 2 is 1.90 bits per heavy atom. The van der Waals surface area contributed by atoms with Crippen molar-refractivity contribution in [3.05, 3.63) is 54.2 Å². The van der Waals surface area contributed by atoms with E-state index in [1.54, 1.807) is 24.5 Å². The van der Waals surface area contributed by atoms with E-state index in [0.717, 1.165) is 62.8 Å². The Labute approximate surface area is 169 Å². The van der Waals surface area contributed by atoms with Crippen molar-refractivity contribution >= 4 is 17.2 Å². The summed E-state index contributed by atoms with van der Waals surface area (Å²) in [5.74, 6) is 1.02. The molecule has 29 heavy (non-hydrogen) atoms. The zero-order valence-electron chi connectivity index (χ0n) is 16.3. The maximum atomic E-state index is 12.8. The lowest BCUT2D eigenvalue weighted by Crippen LogP contribution is -2.39. The van der Waals surface area contributed by atoms with E-state index in [-0.39, 0.29) is 11.8 Å². The largest absolute Gasteiger partial charge is 0.378 e. The smallest absolute Gasteiger partial charge is 0.253 e. The van der Waals surface area contributed by atoms with Gasteiger partial charge in [-0.1, -0.05) is 0 Å². The minimum atomic E-state index is 0.0514. The lowest BCUT2D eigenvalue weighted by Gasteiger charge is -2.31. The lowest BCUT2D eigenvalue weighted by atomic mass is 9.97. The Morgan fingerprint density at radius 1 is 1.07 bits per heavy atom. The van der Waals surface area contributed by atoms with E-state index >= 15 is 0 Å². The summed E-state index contributed by atoms with van der Waals surface area (Å²) in [5, 5.41) is 4.76. The summed E-state index contributed by atoms with van der Waals surface area (Å²) in [7, 11) is 0. The first-order valence-corrected chi connectivity index (χ1v) is 10.2. The van der Waals surface area contributed by atoms with Gasteiger partial charge in [0.05, 0.1) is 25.1 Å². The summed E-state index contributed by atoms with van der Waals surface area (Å²) in [6.45, 7) is 4.71. The van der Waals surface area contributed by atoms with E-state index < -0.39 is 0 Å². The fraction of sp³-hybridized carbons (Fsp3) is 0.429. The molecule has 5 rings (SSSR count). The van der Waals surface area contributed by atoms with Crippen molar-refractivity contribution < 1.29 is 9.53 Å². The summed E-state index contributed by atoms with van der Waals surface area (Å²) in [5.41, 5.74) is 2.66. The number of hydrogen-bond acceptors (Lipinski definition) is 6. The maximum Gasteiger partial charge on any atom is 0.253 e. The van der Waals surface area contributed by atoms with Gasteiger partial charge in [0, 0.05) is 50.1 Å². The van der Waals surface area contributed by atoms with Gasteiger partial charge in [0.15, 0.2) is 11.5 Å². The number of carbonyl (C=O) groups is 1. The van der Waals surface area contributed by atoms with Gasteiger partial charge in [-0.05, 0) is 37.1 Å². The first-order chi connectivity index (χ1) is 14.3. The van der Waals surface area contributed by atoms with Crippen LogP contribution in [-0.2, 0) is 4.74 Å². The number of ether oxygens (including phenoxy) is 1. The molecular weight excluding hydrogens is 368 g/mol. The molecule has 8 heteroatoms. The second-order valence-corrected chi connectivity index (χ2v) is 7.59. The predicted octanol–water partition coefficient (Wildman–Crippen LogP) is 1.98. The van der Waals surface area contributed by atoms with Crippen LogP contribution in [0.1, 0.15) is 34.9 Å². The van der Waals surface area contributed by atoms with Gasteiger partial charge in [-0.2, -0.15) is 5.10 Å². The van der Waals surface area contributed by atoms with Gasteiger partial charge in [0.2, 0.25) is 0 Å². The number of carbonyl (C=O) groups excluding carboxylic acids is 1. The summed E-state index contributed by atoms with van der Waals surface area (Å²) >= 11 is 0. The van der Waals surface area contributed by atoms with Gasteiger partial charge in [-0.15, -0.1) is 0 Å². The van der Waals surface area contributed by atoms with Crippen LogP contribution < -0.4 is 4.90 Å². The summed E-state index contributed by atoms with van der Waals surface area (Å²) in [6.07, 6.45) is 7.30. The monoisotopic (exact) mass is 392 g/mol. The third-order valence-electron chi connectivity index (χ3n) is 5.71. The van der Waals surface area contributed by atoms with E-state index in [1.807, 2.05) is 21.7 Å². The van der Waals surface area contributed by atoms with Crippen molar-refractivity contribution in [3.63, 3.8) is 0 Å². The molecule has 3 aromatic rings. The highest BCUT2D eigenvalue weighted by Gasteiger charge is 2.28. The van der Waals surface area contributed by atoms with Crippen molar-refractivity contribution in [1.82, 2.24) is 24.5 Å². The standard InChI is InChI=1S/C21H24N6O2/c28-21(16-5-7-22-8-6-16)26-9-1-2-17(14-26)20-23-19-4-3-18(15-27(19)24-20)25-10-12-29-13-11-25/h3-8,15,17H,1-2,9-14H2/t17-/m0/s1. The van der Waals surface area contributed by atoms with Crippen molar-refractivity contribution in [2.45, 2.75) is 18.8 Å². The topological polar surface area (TPSA) is 75.9 Å². The van der Waals surface area contributed by atoms with Crippen LogP contribution in [-0.4, -0.2) is 69.8 Å². The first-order valence-electron chi connectivity index (χ1n) is 10.2. The molecule has 0 unspecified atom stereocenters. The molecule has 0 radical (unpaired) electrons. The Balaban J connectivity index is 1.35. The molecule has 0 saturated carbocycles. The summed E-state index contributed by atoms with van der Waals surface area (Å²) in [6, 6.07) is 7.65. The van der Waals surface area contributed by atoms with Crippen LogP contribution in [0, 0.1) is 0 Å². The lowest BCUT2D eigenvalue weighted by molar-refractivity contribution is 0.0704. The Morgan fingerprint density at radius 3 is 2.72 bits per heavy atom. The number of pyridine rings is 2. The number of fused-ring (bicyclic) bond motifs is 1. The second-order valence-electron chi connectivity index (χ2n) is 7.59. The molecule has 0 bridgehead atoms. The van der Waals surface area contributed by atoms with Gasteiger partial charge in [0.25, 0.3) is 5.91 Å². The number of morpholine rings is 1. The molecule has 8 nitrogen and oxygen atoms in total. The highest BCUT2D eigenvalue weighted by atomic mass is 16.5. The zero-order chi connectivity index (χ0) is 19.6. The second kappa shape index (κ2) is 7.79. The third kappa shape index (κ3) is 3.67. The average Bonchev–Trinajstić information content (AvgIpc) is 3.23. The molecule has 0 aromatic carbocycles. The molecule has 5 heterocycles. The van der Waals surface area contributed by atoms with E-state index in [4.69, 9.17) is 14.8 Å². The first kappa shape index (κ1) is 18.1. The van der Waals surface area contributed by atoms with Crippen LogP contribution in [0.3, 0.4) is 0 Å². The molecule has 2 aliphatic rings. The molecule has 1 amide bonds. The van der Waals surface area contributed by atoms with Gasteiger partial charge >= 0.3 is 0 Å². The fourth-order valence-electron chi connectivity index (χ4n) is 4.12. The molecule has 0 N–H and O–H groups in total. The van der Waals surface area contributed by atoms with Crippen LogP contribution in [0.5, 0.6) is 0 Å². The van der Waals surface area contributed by atoms with Crippen molar-refractivity contribution in [2.75, 3.05) is 44.3 Å². The molecule has 2 saturated heterocycles. The fourth-order valence-corrected chi connectivity index (χ4v) is 4.12. The SMILES string of the molecule is O=C(c1ccncc1)N1CCC[C@H](c2nc3ccc(N4CCOCC4)cn3n2)C1. The number of hydrogen-bond donors (Lipinski definition) is 0. The maximum absolute atomic E-state index is 12.8. The van der Waals surface area contributed by atoms with E-state index in [9.17, 15) is 4.79 Å². The third-order valence-corrected chi connectivity index (χ3v) is 5.71. The van der Waals surface area contributed by atoms with E-state index in [2.05, 4.69) is 16.0 Å². The highest BCUT2D eigenvalue weighted by Crippen LogP contribution is 2.27. The Hall–Kier alpha value is -3.00. The molecule has 0 aliphatic carbocycles. The average molecular weight is 392 g/mol. The minimum Gasteiger partial charge on any atom is -0.378 e. The highest BCUT2D eigenvalue weighted by molar-refractivity contribution is 5.94.